The molecule has 11 heteroatoms. The van der Waals surface area contributed by atoms with E-state index in [1.807, 2.05) is 18.2 Å². The van der Waals surface area contributed by atoms with Crippen LogP contribution in [-0.2, 0) is 11.8 Å². The van der Waals surface area contributed by atoms with Crippen molar-refractivity contribution >= 4 is 64.4 Å². The molecule has 1 aromatic carbocycles. The summed E-state index contributed by atoms with van der Waals surface area (Å²) in [5.74, 6) is 1.92. The number of carbonyl (C=O) groups excluding carboxylic acids is 1. The van der Waals surface area contributed by atoms with Crippen molar-refractivity contribution in [3.05, 3.63) is 45.8 Å². The van der Waals surface area contributed by atoms with Gasteiger partial charge in [0.15, 0.2) is 11.5 Å². The zero-order chi connectivity index (χ0) is 23.5. The molecule has 33 heavy (non-hydrogen) atoms. The number of anilines is 3. The Kier molecular flexibility index (Phi) is 7.95. The molecule has 1 unspecified atom stereocenters. The summed E-state index contributed by atoms with van der Waals surface area (Å²) < 4.78 is 8.23. The number of nitrogens with one attached hydrogen (secondary N) is 1. The van der Waals surface area contributed by atoms with Crippen LogP contribution in [0.15, 0.2) is 35.3 Å². The number of alkyl halides is 1. The molecule has 3 heterocycles. The van der Waals surface area contributed by atoms with Gasteiger partial charge < -0.3 is 9.30 Å². The maximum absolute atomic E-state index is 12.5. The summed E-state index contributed by atoms with van der Waals surface area (Å²) in [5, 5.41) is 4.50. The molecule has 1 aliphatic rings. The van der Waals surface area contributed by atoms with Crippen molar-refractivity contribution in [3.63, 3.8) is 0 Å². The minimum Gasteiger partial charge on any atom is -0.308 e. The van der Waals surface area contributed by atoms with E-state index in [-0.39, 0.29) is 40.9 Å². The predicted molar refractivity (Wildman–Crippen MR) is 135 cm³/mol. The molecule has 176 valence electrons. The second kappa shape index (κ2) is 10.7. The number of rotatable bonds is 8. The maximum atomic E-state index is 12.5. The van der Waals surface area contributed by atoms with E-state index in [0.29, 0.717) is 16.8 Å². The van der Waals surface area contributed by atoms with E-state index in [9.17, 15) is 9.59 Å². The van der Waals surface area contributed by atoms with Gasteiger partial charge >= 0.3 is 161 Å². The number of ether oxygens (including phenoxy) is 1. The van der Waals surface area contributed by atoms with Gasteiger partial charge in [0, 0.05) is 7.05 Å². The number of halogens is 3. The van der Waals surface area contributed by atoms with E-state index in [4.69, 9.17) is 16.3 Å². The summed E-state index contributed by atoms with van der Waals surface area (Å²) in [6.07, 6.45) is 2.80. The van der Waals surface area contributed by atoms with Crippen LogP contribution in [0.1, 0.15) is 13.3 Å². The normalized spacial score (nSPS) is 15.9. The van der Waals surface area contributed by atoms with Crippen LogP contribution in [0, 0.1) is 5.92 Å². The number of Topliss-reactive ketones (excluding diaryl/α,β-unsaturated/α-hetero) is 1. The minimum absolute atomic E-state index is 0.136. The van der Waals surface area contributed by atoms with Gasteiger partial charge in [-0.3, -0.25) is 9.59 Å². The SMILES string of the molecule is CC(=O)COc1cc2cc(Nc3nc(N4CCC(C[I-]I)C4)ncc3Cl)ccc2n(C)c1=O. The fraction of sp³-hybridized carbons (Fsp3) is 0.364. The number of nitrogens with zero attached hydrogens (tertiary/aromatic N) is 4. The quantitative estimate of drug-likeness (QED) is 0.278. The van der Waals surface area contributed by atoms with Gasteiger partial charge in [-0.25, -0.2) is 0 Å². The van der Waals surface area contributed by atoms with E-state index >= 15 is 0 Å². The third kappa shape index (κ3) is 5.70. The Balaban J connectivity index is 1.60. The predicted octanol–water partition coefficient (Wildman–Crippen LogP) is 0.959. The molecule has 0 radical (unpaired) electrons. The van der Waals surface area contributed by atoms with Crippen LogP contribution in [0.25, 0.3) is 10.9 Å². The zero-order valence-electron chi connectivity index (χ0n) is 18.1. The summed E-state index contributed by atoms with van der Waals surface area (Å²) in [4.78, 5) is 35.1. The molecule has 0 spiro atoms. The average molecular weight is 695 g/mol. The van der Waals surface area contributed by atoms with Crippen LogP contribution < -0.4 is 37.7 Å². The van der Waals surface area contributed by atoms with Crippen molar-refractivity contribution in [2.24, 2.45) is 13.0 Å². The summed E-state index contributed by atoms with van der Waals surface area (Å²) in [6.45, 7) is 3.21. The topological polar surface area (TPSA) is 89.3 Å². The number of hydrogen-bond donors (Lipinski definition) is 1. The first-order chi connectivity index (χ1) is 15.9. The van der Waals surface area contributed by atoms with Crippen molar-refractivity contribution < 1.29 is 26.8 Å². The number of benzene rings is 1. The van der Waals surface area contributed by atoms with Crippen LogP contribution in [0.4, 0.5) is 17.5 Å². The van der Waals surface area contributed by atoms with Crippen molar-refractivity contribution in [2.45, 2.75) is 13.3 Å². The number of aromatic nitrogens is 3. The van der Waals surface area contributed by atoms with Crippen molar-refractivity contribution in [1.29, 1.82) is 0 Å². The molecule has 0 bridgehead atoms. The van der Waals surface area contributed by atoms with Crippen LogP contribution >= 0.6 is 30.2 Å². The number of carbonyl (C=O) groups is 1. The summed E-state index contributed by atoms with van der Waals surface area (Å²) in [7, 11) is 1.68. The minimum atomic E-state index is -0.290. The van der Waals surface area contributed by atoms with E-state index < -0.39 is 0 Å². The number of ketones is 1. The van der Waals surface area contributed by atoms with Gasteiger partial charge in [-0.1, -0.05) is 0 Å². The average Bonchev–Trinajstić information content (AvgIpc) is 3.25. The summed E-state index contributed by atoms with van der Waals surface area (Å²) >= 11 is 9.18. The molecule has 1 fully saturated rings. The summed E-state index contributed by atoms with van der Waals surface area (Å²) in [6, 6.07) is 7.26. The Morgan fingerprint density at radius 2 is 2.21 bits per heavy atom. The van der Waals surface area contributed by atoms with Crippen molar-refractivity contribution in [2.75, 3.05) is 34.3 Å². The van der Waals surface area contributed by atoms with Gasteiger partial charge in [-0.15, -0.1) is 0 Å². The first kappa shape index (κ1) is 24.5. The van der Waals surface area contributed by atoms with Gasteiger partial charge in [-0.2, -0.15) is 0 Å². The fourth-order valence-electron chi connectivity index (χ4n) is 3.77. The third-order valence-corrected chi connectivity index (χ3v) is 9.55. The molecule has 1 N–H and O–H groups in total. The van der Waals surface area contributed by atoms with Crippen LogP contribution in [-0.4, -0.2) is 44.4 Å². The molecule has 8 nitrogen and oxygen atoms in total. The van der Waals surface area contributed by atoms with Gasteiger partial charge in [0.25, 0.3) is 5.56 Å². The van der Waals surface area contributed by atoms with Crippen molar-refractivity contribution in [3.8, 4) is 5.75 Å². The van der Waals surface area contributed by atoms with Crippen molar-refractivity contribution in [1.82, 2.24) is 14.5 Å². The Morgan fingerprint density at radius 3 is 2.97 bits per heavy atom. The van der Waals surface area contributed by atoms with Crippen LogP contribution in [0.3, 0.4) is 0 Å². The van der Waals surface area contributed by atoms with Gasteiger partial charge in [0.1, 0.15) is 6.61 Å². The van der Waals surface area contributed by atoms with E-state index in [1.165, 1.54) is 22.3 Å². The third-order valence-electron chi connectivity index (χ3n) is 5.46. The zero-order valence-corrected chi connectivity index (χ0v) is 23.2. The van der Waals surface area contributed by atoms with E-state index in [2.05, 4.69) is 38.8 Å². The standard InChI is InChI=1S/C22H23ClI2N5O3/c1-13(31)12-33-19-8-15-7-16(3-4-18(15)29(2)21(19)32)27-20-17(23)10-26-22(28-20)30-6-5-14(11-30)9-25-24/h3-4,7-8,10,14H,5-6,9,11-12H2,1-2H3,(H,26,27,28)/q-1. The Hall–Kier alpha value is -1.67. The first-order valence-corrected chi connectivity index (χ1v) is 18.6. The number of pyridine rings is 1. The van der Waals surface area contributed by atoms with Gasteiger partial charge in [-0.05, 0) is 6.92 Å². The molecule has 0 saturated carbocycles. The second-order valence-electron chi connectivity index (χ2n) is 7.98. The van der Waals surface area contributed by atoms with Gasteiger partial charge in [0.2, 0.25) is 0 Å². The molecule has 0 aliphatic carbocycles. The first-order valence-electron chi connectivity index (χ1n) is 10.4. The molecule has 1 atom stereocenters. The smallest absolute Gasteiger partial charge is 0.308 e. The Labute approximate surface area is 216 Å². The molecule has 1 aliphatic heterocycles. The molecule has 2 aromatic heterocycles. The van der Waals surface area contributed by atoms with Gasteiger partial charge in [0.05, 0.1) is 0 Å². The fourth-order valence-corrected chi connectivity index (χ4v) is 8.26. The Morgan fingerprint density at radius 1 is 1.39 bits per heavy atom. The number of aryl methyl sites for hydroxylation is 1. The number of hydrogen-bond acceptors (Lipinski definition) is 7. The van der Waals surface area contributed by atoms with E-state index in [1.54, 1.807) is 19.3 Å². The monoisotopic (exact) mass is 694 g/mol. The van der Waals surface area contributed by atoms with E-state index in [0.717, 1.165) is 35.6 Å². The second-order valence-corrected chi connectivity index (χ2v) is 13.7. The molecular formula is C22H23ClI2N5O3-. The molecule has 3 aromatic rings. The van der Waals surface area contributed by atoms with Crippen LogP contribution in [0.2, 0.25) is 5.02 Å². The summed E-state index contributed by atoms with van der Waals surface area (Å²) in [5.41, 5.74) is 1.22. The molecule has 4 rings (SSSR count). The molecular weight excluding hydrogens is 672 g/mol. The molecule has 0 amide bonds. The Bertz CT molecular complexity index is 1250. The van der Waals surface area contributed by atoms with Crippen LogP contribution in [0.5, 0.6) is 5.75 Å². The number of fused-ring (bicyclic) bond motifs is 1. The molecule has 1 saturated heterocycles.